The molecule has 2 aromatic carbocycles. The van der Waals surface area contributed by atoms with Crippen molar-refractivity contribution in [1.29, 1.82) is 0 Å². The van der Waals surface area contributed by atoms with Gasteiger partial charge in [0.2, 0.25) is 0 Å². The van der Waals surface area contributed by atoms with Gasteiger partial charge in [-0.2, -0.15) is 9.97 Å². The molecule has 4 atom stereocenters. The molecule has 2 aromatic heterocycles. The van der Waals surface area contributed by atoms with Crippen molar-refractivity contribution in [2.75, 3.05) is 44.9 Å². The van der Waals surface area contributed by atoms with Crippen LogP contribution in [0.15, 0.2) is 42.6 Å². The van der Waals surface area contributed by atoms with Crippen molar-refractivity contribution in [1.82, 2.24) is 19.9 Å². The molecule has 5 heterocycles. The van der Waals surface area contributed by atoms with Crippen LogP contribution in [0.4, 0.5) is 10.2 Å². The molecule has 1 N–H and O–H groups in total. The number of phenols is 1. The van der Waals surface area contributed by atoms with E-state index in [1.165, 1.54) is 19.3 Å². The summed E-state index contributed by atoms with van der Waals surface area (Å²) in [7, 11) is 1.76. The van der Waals surface area contributed by atoms with E-state index in [0.717, 1.165) is 62.7 Å². The van der Waals surface area contributed by atoms with Gasteiger partial charge in [-0.1, -0.05) is 24.3 Å². The van der Waals surface area contributed by atoms with Crippen molar-refractivity contribution in [2.45, 2.75) is 56.5 Å². The van der Waals surface area contributed by atoms with Gasteiger partial charge in [0.25, 0.3) is 0 Å². The standard InChI is InChI=1S/C34H38FN5O3/c1-42-19-24-9-11-34(10-4-12-40(24)34)20-43-33-37-31-28(32(38-33)39-17-21-7-8-22(13-21)18-39)16-36-30(29(31)35)27-15-25(41)14-23-5-2-3-6-26(23)27/h2-3,5-6,14-16,21-22,24,41H,4,7-13,17-20H2,1H3/t21?,22?,24-,34-/m1/s1. The number of benzene rings is 2. The molecule has 0 radical (unpaired) electrons. The molecule has 2 bridgehead atoms. The van der Waals surface area contributed by atoms with Crippen molar-refractivity contribution in [3.8, 4) is 23.0 Å². The van der Waals surface area contributed by atoms with Crippen molar-refractivity contribution >= 4 is 27.5 Å². The van der Waals surface area contributed by atoms with Gasteiger partial charge in [0.05, 0.1) is 17.5 Å². The lowest BCUT2D eigenvalue weighted by atomic mass is 9.95. The fourth-order valence-corrected chi connectivity index (χ4v) is 8.57. The molecule has 8 nitrogen and oxygen atoms in total. The van der Waals surface area contributed by atoms with E-state index >= 15 is 4.39 Å². The van der Waals surface area contributed by atoms with E-state index in [4.69, 9.17) is 19.4 Å². The van der Waals surface area contributed by atoms with Gasteiger partial charge in [-0.25, -0.2) is 4.39 Å². The monoisotopic (exact) mass is 583 g/mol. The maximum absolute atomic E-state index is 16.7. The number of piperidine rings is 1. The lowest BCUT2D eigenvalue weighted by Gasteiger charge is -2.35. The highest BCUT2D eigenvalue weighted by molar-refractivity contribution is 5.99. The number of halogens is 1. The highest BCUT2D eigenvalue weighted by Crippen LogP contribution is 2.44. The third-order valence-corrected chi connectivity index (χ3v) is 10.5. The third kappa shape index (κ3) is 4.59. The quantitative estimate of drug-likeness (QED) is 0.286. The zero-order chi connectivity index (χ0) is 29.1. The number of nitrogens with zero attached hydrogens (tertiary/aromatic N) is 5. The van der Waals surface area contributed by atoms with Crippen LogP contribution >= 0.6 is 0 Å². The number of methoxy groups -OCH3 is 1. The SMILES string of the molecule is COC[C@H]1CC[C@@]2(COc3nc(N4CC5CCC(C5)C4)c4cnc(-c5cc(O)cc6ccccc56)c(F)c4n3)CCCN12. The summed E-state index contributed by atoms with van der Waals surface area (Å²) in [5.74, 6) is 1.51. The first-order chi connectivity index (χ1) is 21.0. The van der Waals surface area contributed by atoms with Gasteiger partial charge in [0.15, 0.2) is 5.82 Å². The molecular formula is C34H38FN5O3. The molecule has 3 aliphatic heterocycles. The van der Waals surface area contributed by atoms with E-state index in [0.29, 0.717) is 41.3 Å². The first-order valence-electron chi connectivity index (χ1n) is 15.7. The summed E-state index contributed by atoms with van der Waals surface area (Å²) >= 11 is 0. The number of ether oxygens (including phenoxy) is 2. The van der Waals surface area contributed by atoms with E-state index in [9.17, 15) is 5.11 Å². The molecule has 4 aromatic rings. The van der Waals surface area contributed by atoms with E-state index in [2.05, 4.69) is 14.8 Å². The summed E-state index contributed by atoms with van der Waals surface area (Å²) in [6, 6.07) is 11.5. The van der Waals surface area contributed by atoms with Crippen LogP contribution in [0.25, 0.3) is 32.9 Å². The van der Waals surface area contributed by atoms with Gasteiger partial charge < -0.3 is 19.5 Å². The average molecular weight is 584 g/mol. The maximum Gasteiger partial charge on any atom is 0.319 e. The highest BCUT2D eigenvalue weighted by Gasteiger charge is 2.49. The van der Waals surface area contributed by atoms with E-state index in [-0.39, 0.29) is 28.5 Å². The van der Waals surface area contributed by atoms with Crippen LogP contribution in [0.3, 0.4) is 0 Å². The van der Waals surface area contributed by atoms with Crippen molar-refractivity contribution in [2.24, 2.45) is 11.8 Å². The Labute approximate surface area is 250 Å². The largest absolute Gasteiger partial charge is 0.508 e. The molecule has 224 valence electrons. The Morgan fingerprint density at radius 2 is 1.88 bits per heavy atom. The summed E-state index contributed by atoms with van der Waals surface area (Å²) < 4.78 is 28.6. The van der Waals surface area contributed by atoms with Crippen LogP contribution in [0.2, 0.25) is 0 Å². The third-order valence-electron chi connectivity index (χ3n) is 10.5. The van der Waals surface area contributed by atoms with E-state index in [1.54, 1.807) is 25.4 Å². The van der Waals surface area contributed by atoms with Gasteiger partial charge in [0.1, 0.15) is 29.4 Å². The number of fused-ring (bicyclic) bond motifs is 5. The summed E-state index contributed by atoms with van der Waals surface area (Å²) in [5, 5.41) is 12.7. The minimum absolute atomic E-state index is 0.0612. The summed E-state index contributed by atoms with van der Waals surface area (Å²) in [6.45, 7) is 4.04. The fourth-order valence-electron chi connectivity index (χ4n) is 8.57. The molecule has 4 aliphatic rings. The van der Waals surface area contributed by atoms with Crippen LogP contribution in [0.5, 0.6) is 11.8 Å². The Kier molecular flexibility index (Phi) is 6.63. The van der Waals surface area contributed by atoms with Crippen LogP contribution < -0.4 is 9.64 Å². The topological polar surface area (TPSA) is 83.8 Å². The minimum atomic E-state index is -0.525. The fraction of sp³-hybridized carbons (Fsp3) is 0.500. The number of phenolic OH excluding ortho intramolecular Hbond substituents is 1. The number of pyridine rings is 1. The lowest BCUT2D eigenvalue weighted by molar-refractivity contribution is 0.0521. The number of hydrogen-bond acceptors (Lipinski definition) is 8. The molecule has 8 rings (SSSR count). The Morgan fingerprint density at radius 1 is 1.05 bits per heavy atom. The van der Waals surface area contributed by atoms with Crippen LogP contribution in [0, 0.1) is 17.7 Å². The van der Waals surface area contributed by atoms with Gasteiger partial charge >= 0.3 is 6.01 Å². The Bertz CT molecular complexity index is 1690. The average Bonchev–Trinajstić information content (AvgIpc) is 3.69. The summed E-state index contributed by atoms with van der Waals surface area (Å²) in [6.07, 6.45) is 9.74. The Morgan fingerprint density at radius 3 is 2.72 bits per heavy atom. The molecule has 0 amide bonds. The predicted molar refractivity (Wildman–Crippen MR) is 164 cm³/mol. The number of hydrogen-bond donors (Lipinski definition) is 1. The molecule has 43 heavy (non-hydrogen) atoms. The summed E-state index contributed by atoms with van der Waals surface area (Å²) in [5.41, 5.74) is 0.839. The number of anilines is 1. The number of rotatable bonds is 7. The van der Waals surface area contributed by atoms with Crippen LogP contribution in [-0.4, -0.2) is 76.5 Å². The second kappa shape index (κ2) is 10.6. The first-order valence-corrected chi connectivity index (χ1v) is 15.7. The molecule has 1 aliphatic carbocycles. The Balaban J connectivity index is 1.22. The normalized spacial score (nSPS) is 26.9. The van der Waals surface area contributed by atoms with Gasteiger partial charge in [-0.3, -0.25) is 9.88 Å². The van der Waals surface area contributed by atoms with E-state index in [1.807, 2.05) is 24.3 Å². The molecule has 4 fully saturated rings. The zero-order valence-corrected chi connectivity index (χ0v) is 24.6. The summed E-state index contributed by atoms with van der Waals surface area (Å²) in [4.78, 5) is 19.2. The smallest absolute Gasteiger partial charge is 0.319 e. The molecular weight excluding hydrogens is 545 g/mol. The van der Waals surface area contributed by atoms with Crippen LogP contribution in [0.1, 0.15) is 44.9 Å². The van der Waals surface area contributed by atoms with Gasteiger partial charge in [-0.15, -0.1) is 0 Å². The molecule has 3 saturated heterocycles. The zero-order valence-electron chi connectivity index (χ0n) is 24.6. The second-order valence-electron chi connectivity index (χ2n) is 13.1. The number of aromatic nitrogens is 3. The number of aromatic hydroxyl groups is 1. The second-order valence-corrected chi connectivity index (χ2v) is 13.1. The van der Waals surface area contributed by atoms with E-state index < -0.39 is 5.82 Å². The molecule has 0 spiro atoms. The van der Waals surface area contributed by atoms with Gasteiger partial charge in [0, 0.05) is 38.0 Å². The predicted octanol–water partition coefficient (Wildman–Crippen LogP) is 5.95. The molecule has 2 unspecified atom stereocenters. The van der Waals surface area contributed by atoms with Gasteiger partial charge in [-0.05, 0) is 86.2 Å². The van der Waals surface area contributed by atoms with Crippen LogP contribution in [-0.2, 0) is 4.74 Å². The molecule has 9 heteroatoms. The van der Waals surface area contributed by atoms with Crippen molar-refractivity contribution < 1.29 is 19.0 Å². The lowest BCUT2D eigenvalue weighted by Crippen LogP contribution is -2.47. The maximum atomic E-state index is 16.7. The molecule has 1 saturated carbocycles. The first kappa shape index (κ1) is 27.0. The van der Waals surface area contributed by atoms with Crippen molar-refractivity contribution in [3.05, 3.63) is 48.4 Å². The highest BCUT2D eigenvalue weighted by atomic mass is 19.1. The van der Waals surface area contributed by atoms with Crippen molar-refractivity contribution in [3.63, 3.8) is 0 Å². The Hall–Kier alpha value is -3.56. The minimum Gasteiger partial charge on any atom is -0.508 e.